The predicted molar refractivity (Wildman–Crippen MR) is 63.0 cm³/mol. The standard InChI is InChI=1S/C11H16N4O3/c1-11(2-3-11)15-10(18)14-8(9(16)17)4-7-5-12-6-13-7/h5-6,8H,2-4H2,1H3,(H,12,13)(H,16,17)(H2,14,15,18). The molecule has 2 rings (SSSR count). The molecule has 0 saturated heterocycles. The van der Waals surface area contributed by atoms with E-state index in [2.05, 4.69) is 20.6 Å². The Morgan fingerprint density at radius 2 is 2.33 bits per heavy atom. The fraction of sp³-hybridized carbons (Fsp3) is 0.545. The number of amides is 2. The van der Waals surface area contributed by atoms with E-state index in [0.717, 1.165) is 12.8 Å². The summed E-state index contributed by atoms with van der Waals surface area (Å²) in [6, 6.07) is -1.41. The Bertz CT molecular complexity index is 439. The number of aliphatic carboxylic acids is 1. The summed E-state index contributed by atoms with van der Waals surface area (Å²) in [5.74, 6) is -1.07. The largest absolute Gasteiger partial charge is 0.480 e. The zero-order chi connectivity index (χ0) is 13.2. The lowest BCUT2D eigenvalue weighted by Gasteiger charge is -2.17. The topological polar surface area (TPSA) is 107 Å². The van der Waals surface area contributed by atoms with Gasteiger partial charge in [-0.1, -0.05) is 0 Å². The number of nitrogens with zero attached hydrogens (tertiary/aromatic N) is 1. The molecule has 1 unspecified atom stereocenters. The number of rotatable bonds is 5. The van der Waals surface area contributed by atoms with Gasteiger partial charge in [0.25, 0.3) is 0 Å². The molecule has 18 heavy (non-hydrogen) atoms. The summed E-state index contributed by atoms with van der Waals surface area (Å²) in [4.78, 5) is 29.3. The van der Waals surface area contributed by atoms with E-state index in [1.54, 1.807) is 0 Å². The number of urea groups is 1. The quantitative estimate of drug-likeness (QED) is 0.602. The lowest BCUT2D eigenvalue weighted by molar-refractivity contribution is -0.139. The summed E-state index contributed by atoms with van der Waals surface area (Å²) in [6.45, 7) is 1.93. The van der Waals surface area contributed by atoms with E-state index in [-0.39, 0.29) is 12.0 Å². The number of H-pyrrole nitrogens is 1. The van der Waals surface area contributed by atoms with Gasteiger partial charge in [0.1, 0.15) is 6.04 Å². The second-order valence-electron chi connectivity index (χ2n) is 4.83. The predicted octanol–water partition coefficient (Wildman–Crippen LogP) is 0.257. The highest BCUT2D eigenvalue weighted by atomic mass is 16.4. The van der Waals surface area contributed by atoms with E-state index in [1.807, 2.05) is 6.92 Å². The molecule has 0 radical (unpaired) electrons. The van der Waals surface area contributed by atoms with Crippen LogP contribution in [0.15, 0.2) is 12.5 Å². The van der Waals surface area contributed by atoms with Crippen molar-refractivity contribution in [2.75, 3.05) is 0 Å². The number of imidazole rings is 1. The van der Waals surface area contributed by atoms with Gasteiger partial charge in [0, 0.05) is 23.9 Å². The Labute approximate surface area is 104 Å². The zero-order valence-corrected chi connectivity index (χ0v) is 10.1. The fourth-order valence-corrected chi connectivity index (χ4v) is 1.60. The van der Waals surface area contributed by atoms with Crippen LogP contribution < -0.4 is 10.6 Å². The molecule has 1 saturated carbocycles. The van der Waals surface area contributed by atoms with Crippen molar-refractivity contribution in [2.45, 2.75) is 37.8 Å². The van der Waals surface area contributed by atoms with Crippen LogP contribution in [0.25, 0.3) is 0 Å². The highest BCUT2D eigenvalue weighted by Gasteiger charge is 2.39. The van der Waals surface area contributed by atoms with Crippen molar-refractivity contribution in [2.24, 2.45) is 0 Å². The van der Waals surface area contributed by atoms with Gasteiger partial charge in [0.05, 0.1) is 6.33 Å². The lowest BCUT2D eigenvalue weighted by Crippen LogP contribution is -2.50. The Morgan fingerprint density at radius 1 is 1.61 bits per heavy atom. The summed E-state index contributed by atoms with van der Waals surface area (Å²) in [5.41, 5.74) is 0.501. The number of nitrogens with one attached hydrogen (secondary N) is 3. The monoisotopic (exact) mass is 252 g/mol. The highest BCUT2D eigenvalue weighted by Crippen LogP contribution is 2.33. The number of aromatic amines is 1. The van der Waals surface area contributed by atoms with Crippen molar-refractivity contribution in [3.05, 3.63) is 18.2 Å². The molecule has 0 aliphatic heterocycles. The van der Waals surface area contributed by atoms with Crippen LogP contribution in [-0.4, -0.2) is 38.7 Å². The lowest BCUT2D eigenvalue weighted by atomic mass is 10.1. The molecule has 7 heteroatoms. The Balaban J connectivity index is 1.89. The first-order valence-electron chi connectivity index (χ1n) is 5.77. The third kappa shape index (κ3) is 3.22. The molecule has 1 aliphatic carbocycles. The van der Waals surface area contributed by atoms with Crippen molar-refractivity contribution >= 4 is 12.0 Å². The Morgan fingerprint density at radius 3 is 2.83 bits per heavy atom. The maximum absolute atomic E-state index is 11.6. The van der Waals surface area contributed by atoms with Crippen molar-refractivity contribution in [3.63, 3.8) is 0 Å². The molecule has 1 fully saturated rings. The average molecular weight is 252 g/mol. The van der Waals surface area contributed by atoms with Crippen LogP contribution >= 0.6 is 0 Å². The van der Waals surface area contributed by atoms with E-state index in [1.165, 1.54) is 12.5 Å². The minimum atomic E-state index is -1.07. The Kier molecular flexibility index (Phi) is 3.22. The van der Waals surface area contributed by atoms with E-state index < -0.39 is 18.0 Å². The number of carbonyl (C=O) groups is 2. The third-order valence-electron chi connectivity index (χ3n) is 3.00. The second-order valence-corrected chi connectivity index (χ2v) is 4.83. The number of aromatic nitrogens is 2. The molecule has 1 aliphatic rings. The number of carboxylic acid groups (broad SMARTS) is 1. The van der Waals surface area contributed by atoms with Crippen LogP contribution in [0.3, 0.4) is 0 Å². The van der Waals surface area contributed by atoms with Crippen LogP contribution in [0.1, 0.15) is 25.5 Å². The fourth-order valence-electron chi connectivity index (χ4n) is 1.60. The third-order valence-corrected chi connectivity index (χ3v) is 3.00. The number of carboxylic acids is 1. The summed E-state index contributed by atoms with van der Waals surface area (Å²) >= 11 is 0. The van der Waals surface area contributed by atoms with Gasteiger partial charge in [-0.3, -0.25) is 0 Å². The minimum absolute atomic E-state index is 0.166. The van der Waals surface area contributed by atoms with E-state index in [4.69, 9.17) is 5.11 Å². The van der Waals surface area contributed by atoms with Gasteiger partial charge in [0.15, 0.2) is 0 Å². The summed E-state index contributed by atoms with van der Waals surface area (Å²) < 4.78 is 0. The first kappa shape index (κ1) is 12.4. The molecular formula is C11H16N4O3. The molecule has 1 heterocycles. The molecule has 2 amide bonds. The molecular weight excluding hydrogens is 236 g/mol. The zero-order valence-electron chi connectivity index (χ0n) is 10.1. The van der Waals surface area contributed by atoms with Gasteiger partial charge in [-0.2, -0.15) is 0 Å². The normalized spacial score (nSPS) is 17.8. The van der Waals surface area contributed by atoms with Crippen molar-refractivity contribution in [1.29, 1.82) is 0 Å². The molecule has 4 N–H and O–H groups in total. The first-order chi connectivity index (χ1) is 8.48. The van der Waals surface area contributed by atoms with Crippen LogP contribution in [0.4, 0.5) is 4.79 Å². The number of hydrogen-bond donors (Lipinski definition) is 4. The summed E-state index contributed by atoms with van der Waals surface area (Å²) in [6.07, 6.45) is 5.05. The van der Waals surface area contributed by atoms with Gasteiger partial charge in [0.2, 0.25) is 0 Å². The molecule has 1 aromatic heterocycles. The second kappa shape index (κ2) is 4.67. The van der Waals surface area contributed by atoms with E-state index >= 15 is 0 Å². The van der Waals surface area contributed by atoms with Crippen molar-refractivity contribution in [3.8, 4) is 0 Å². The molecule has 1 aromatic rings. The average Bonchev–Trinajstić information content (AvgIpc) is 2.79. The summed E-state index contributed by atoms with van der Waals surface area (Å²) in [5, 5.41) is 14.3. The minimum Gasteiger partial charge on any atom is -0.480 e. The Hall–Kier alpha value is -2.05. The maximum Gasteiger partial charge on any atom is 0.326 e. The molecule has 0 spiro atoms. The van der Waals surface area contributed by atoms with Gasteiger partial charge in [-0.25, -0.2) is 14.6 Å². The van der Waals surface area contributed by atoms with Gasteiger partial charge >= 0.3 is 12.0 Å². The van der Waals surface area contributed by atoms with E-state index in [0.29, 0.717) is 5.69 Å². The van der Waals surface area contributed by atoms with Crippen molar-refractivity contribution < 1.29 is 14.7 Å². The molecule has 7 nitrogen and oxygen atoms in total. The SMILES string of the molecule is CC1(NC(=O)NC(Cc2cnc[nH]2)C(=O)O)CC1. The number of hydrogen-bond acceptors (Lipinski definition) is 3. The smallest absolute Gasteiger partial charge is 0.326 e. The molecule has 98 valence electrons. The van der Waals surface area contributed by atoms with Crippen LogP contribution in [-0.2, 0) is 11.2 Å². The first-order valence-corrected chi connectivity index (χ1v) is 5.77. The van der Waals surface area contributed by atoms with Crippen LogP contribution in [0, 0.1) is 0 Å². The molecule has 0 bridgehead atoms. The number of carbonyl (C=O) groups excluding carboxylic acids is 1. The van der Waals surface area contributed by atoms with Crippen LogP contribution in [0.2, 0.25) is 0 Å². The molecule has 1 atom stereocenters. The van der Waals surface area contributed by atoms with Gasteiger partial charge < -0.3 is 20.7 Å². The van der Waals surface area contributed by atoms with Gasteiger partial charge in [-0.05, 0) is 19.8 Å². The maximum atomic E-state index is 11.6. The van der Waals surface area contributed by atoms with Crippen molar-refractivity contribution in [1.82, 2.24) is 20.6 Å². The summed E-state index contributed by atoms with van der Waals surface area (Å²) in [7, 11) is 0. The van der Waals surface area contributed by atoms with Crippen LogP contribution in [0.5, 0.6) is 0 Å². The van der Waals surface area contributed by atoms with E-state index in [9.17, 15) is 9.59 Å². The molecule has 0 aromatic carbocycles. The van der Waals surface area contributed by atoms with Gasteiger partial charge in [-0.15, -0.1) is 0 Å². The highest BCUT2D eigenvalue weighted by molar-refractivity contribution is 5.83.